The number of sulfonamides is 1. The Morgan fingerprint density at radius 3 is 2.21 bits per heavy atom. The highest BCUT2D eigenvalue weighted by atomic mass is 32.2. The molecule has 3 N–H and O–H groups in total. The molecule has 0 aliphatic rings. The van der Waals surface area contributed by atoms with Gasteiger partial charge in [-0.1, -0.05) is 37.3 Å². The number of rotatable bonds is 8. The molecule has 5 nitrogen and oxygen atoms in total. The standard InChI is InChI=1S/C13H21NO4S/c1-2-13(10-15,11-16)14-19(17,18)9-8-12-6-4-3-5-7-12/h3-7,14-16H,2,8-11H2,1H3. The molecule has 0 fully saturated rings. The largest absolute Gasteiger partial charge is 0.394 e. The van der Waals surface area contributed by atoms with Crippen LogP contribution < -0.4 is 4.72 Å². The number of aryl methyl sites for hydroxylation is 1. The van der Waals surface area contributed by atoms with Gasteiger partial charge in [-0.2, -0.15) is 0 Å². The van der Waals surface area contributed by atoms with Crippen LogP contribution in [0.3, 0.4) is 0 Å². The summed E-state index contributed by atoms with van der Waals surface area (Å²) in [5, 5.41) is 18.5. The molecule has 0 saturated heterocycles. The van der Waals surface area contributed by atoms with Crippen LogP contribution >= 0.6 is 0 Å². The SMILES string of the molecule is CCC(CO)(CO)NS(=O)(=O)CCc1ccccc1. The molecule has 108 valence electrons. The second-order valence-corrected chi connectivity index (χ2v) is 6.45. The fourth-order valence-electron chi connectivity index (χ4n) is 1.69. The van der Waals surface area contributed by atoms with Crippen molar-refractivity contribution < 1.29 is 18.6 Å². The predicted octanol–water partition coefficient (Wildman–Crippen LogP) is 0.282. The lowest BCUT2D eigenvalue weighted by Gasteiger charge is -2.29. The van der Waals surface area contributed by atoms with Crippen molar-refractivity contribution in [2.24, 2.45) is 0 Å². The molecule has 0 radical (unpaired) electrons. The summed E-state index contributed by atoms with van der Waals surface area (Å²) in [7, 11) is -3.54. The summed E-state index contributed by atoms with van der Waals surface area (Å²) in [4.78, 5) is 0. The summed E-state index contributed by atoms with van der Waals surface area (Å²) in [6.07, 6.45) is 0.720. The van der Waals surface area contributed by atoms with E-state index in [4.69, 9.17) is 0 Å². The summed E-state index contributed by atoms with van der Waals surface area (Å²) in [5.74, 6) is -0.0707. The van der Waals surface area contributed by atoms with E-state index in [0.717, 1.165) is 5.56 Å². The van der Waals surface area contributed by atoms with Gasteiger partial charge in [-0.05, 0) is 18.4 Å². The fraction of sp³-hybridized carbons (Fsp3) is 0.538. The van der Waals surface area contributed by atoms with Gasteiger partial charge in [-0.25, -0.2) is 13.1 Å². The fourth-order valence-corrected chi connectivity index (χ4v) is 3.23. The third-order valence-electron chi connectivity index (χ3n) is 3.16. The Morgan fingerprint density at radius 1 is 1.16 bits per heavy atom. The predicted molar refractivity (Wildman–Crippen MR) is 74.3 cm³/mol. The van der Waals surface area contributed by atoms with Crippen LogP contribution in [-0.4, -0.2) is 43.1 Å². The second-order valence-electron chi connectivity index (χ2n) is 4.61. The number of hydrogen-bond acceptors (Lipinski definition) is 4. The monoisotopic (exact) mass is 287 g/mol. The lowest BCUT2D eigenvalue weighted by molar-refractivity contribution is 0.105. The van der Waals surface area contributed by atoms with E-state index in [1.165, 1.54) is 0 Å². The van der Waals surface area contributed by atoms with Crippen LogP contribution in [0.4, 0.5) is 0 Å². The van der Waals surface area contributed by atoms with E-state index >= 15 is 0 Å². The van der Waals surface area contributed by atoms with Gasteiger partial charge in [0.15, 0.2) is 0 Å². The highest BCUT2D eigenvalue weighted by Gasteiger charge is 2.31. The normalized spacial score (nSPS) is 12.6. The van der Waals surface area contributed by atoms with Crippen LogP contribution in [0.2, 0.25) is 0 Å². The Bertz CT molecular complexity index is 460. The van der Waals surface area contributed by atoms with Crippen LogP contribution in [0, 0.1) is 0 Å². The molecule has 0 spiro atoms. The van der Waals surface area contributed by atoms with Gasteiger partial charge >= 0.3 is 0 Å². The van der Waals surface area contributed by atoms with Crippen molar-refractivity contribution in [2.45, 2.75) is 25.3 Å². The van der Waals surface area contributed by atoms with E-state index in [2.05, 4.69) is 4.72 Å². The minimum Gasteiger partial charge on any atom is -0.394 e. The van der Waals surface area contributed by atoms with Crippen molar-refractivity contribution in [2.75, 3.05) is 19.0 Å². The minimum atomic E-state index is -3.54. The first-order valence-corrected chi connectivity index (χ1v) is 7.89. The summed E-state index contributed by atoms with van der Waals surface area (Å²) < 4.78 is 26.3. The molecule has 1 aromatic rings. The summed E-state index contributed by atoms with van der Waals surface area (Å²) in [6, 6.07) is 9.30. The molecule has 6 heteroatoms. The van der Waals surface area contributed by atoms with Gasteiger partial charge in [0.1, 0.15) is 0 Å². The van der Waals surface area contributed by atoms with Gasteiger partial charge in [0.2, 0.25) is 10.0 Å². The Labute approximate surface area is 114 Å². The molecule has 0 amide bonds. The van der Waals surface area contributed by atoms with Gasteiger partial charge in [0, 0.05) is 0 Å². The maximum atomic E-state index is 12.0. The molecular formula is C13H21NO4S. The van der Waals surface area contributed by atoms with Crippen LogP contribution in [0.25, 0.3) is 0 Å². The van der Waals surface area contributed by atoms with Crippen molar-refractivity contribution in [3.05, 3.63) is 35.9 Å². The molecule has 0 heterocycles. The lowest BCUT2D eigenvalue weighted by Crippen LogP contribution is -2.54. The molecule has 1 rings (SSSR count). The van der Waals surface area contributed by atoms with Gasteiger partial charge in [-0.15, -0.1) is 0 Å². The van der Waals surface area contributed by atoms with E-state index in [0.29, 0.717) is 12.8 Å². The molecule has 0 saturated carbocycles. The molecule has 1 aromatic carbocycles. The Kier molecular flexibility index (Phi) is 5.93. The maximum Gasteiger partial charge on any atom is 0.212 e. The third-order valence-corrected chi connectivity index (χ3v) is 4.64. The molecule has 0 aliphatic heterocycles. The zero-order valence-corrected chi connectivity index (χ0v) is 11.9. The summed E-state index contributed by atoms with van der Waals surface area (Å²) in [5.41, 5.74) is -0.238. The molecule has 0 bridgehead atoms. The molecular weight excluding hydrogens is 266 g/mol. The third kappa shape index (κ3) is 4.91. The van der Waals surface area contributed by atoms with Crippen molar-refractivity contribution in [3.8, 4) is 0 Å². The number of hydrogen-bond donors (Lipinski definition) is 3. The maximum absolute atomic E-state index is 12.0. The quantitative estimate of drug-likeness (QED) is 0.641. The molecule has 0 unspecified atom stereocenters. The van der Waals surface area contributed by atoms with E-state index in [1.807, 2.05) is 30.3 Å². The molecule has 0 aromatic heterocycles. The van der Waals surface area contributed by atoms with E-state index in [1.54, 1.807) is 6.92 Å². The van der Waals surface area contributed by atoms with Crippen molar-refractivity contribution in [3.63, 3.8) is 0 Å². The van der Waals surface area contributed by atoms with Gasteiger partial charge < -0.3 is 10.2 Å². The van der Waals surface area contributed by atoms with Crippen LogP contribution in [0.1, 0.15) is 18.9 Å². The van der Waals surface area contributed by atoms with E-state index in [-0.39, 0.29) is 5.75 Å². The number of benzene rings is 1. The zero-order chi connectivity index (χ0) is 14.4. The molecule has 0 atom stereocenters. The van der Waals surface area contributed by atoms with Crippen LogP contribution in [0.5, 0.6) is 0 Å². The lowest BCUT2D eigenvalue weighted by atomic mass is 10.0. The summed E-state index contributed by atoms with van der Waals surface area (Å²) >= 11 is 0. The number of aliphatic hydroxyl groups excluding tert-OH is 2. The van der Waals surface area contributed by atoms with Crippen LogP contribution in [0.15, 0.2) is 30.3 Å². The zero-order valence-electron chi connectivity index (χ0n) is 11.0. The van der Waals surface area contributed by atoms with Crippen molar-refractivity contribution in [1.29, 1.82) is 0 Å². The van der Waals surface area contributed by atoms with E-state index in [9.17, 15) is 18.6 Å². The second kappa shape index (κ2) is 7.00. The van der Waals surface area contributed by atoms with Crippen molar-refractivity contribution >= 4 is 10.0 Å². The Morgan fingerprint density at radius 2 is 1.74 bits per heavy atom. The van der Waals surface area contributed by atoms with Gasteiger partial charge in [0.05, 0.1) is 24.5 Å². The number of aliphatic hydroxyl groups is 2. The Hall–Kier alpha value is -0.950. The average molecular weight is 287 g/mol. The van der Waals surface area contributed by atoms with E-state index < -0.39 is 28.8 Å². The van der Waals surface area contributed by atoms with Crippen molar-refractivity contribution in [1.82, 2.24) is 4.72 Å². The first-order valence-electron chi connectivity index (χ1n) is 6.24. The minimum absolute atomic E-state index is 0.0707. The van der Waals surface area contributed by atoms with Gasteiger partial charge in [0.25, 0.3) is 0 Å². The topological polar surface area (TPSA) is 86.6 Å². The Balaban J connectivity index is 2.66. The first-order chi connectivity index (χ1) is 8.97. The first kappa shape index (κ1) is 16.1. The molecule has 0 aliphatic carbocycles. The highest BCUT2D eigenvalue weighted by molar-refractivity contribution is 7.89. The summed E-state index contributed by atoms with van der Waals surface area (Å²) in [6.45, 7) is 0.862. The smallest absolute Gasteiger partial charge is 0.212 e. The highest BCUT2D eigenvalue weighted by Crippen LogP contribution is 2.11. The van der Waals surface area contributed by atoms with Crippen LogP contribution in [-0.2, 0) is 16.4 Å². The molecule has 19 heavy (non-hydrogen) atoms. The van der Waals surface area contributed by atoms with Gasteiger partial charge in [-0.3, -0.25) is 0 Å². The average Bonchev–Trinajstić information content (AvgIpc) is 2.44. The number of nitrogens with one attached hydrogen (secondary N) is 1.